The van der Waals surface area contributed by atoms with Gasteiger partial charge in [-0.1, -0.05) is 24.3 Å². The van der Waals surface area contributed by atoms with Crippen molar-refractivity contribution in [2.45, 2.75) is 12.3 Å². The molecule has 1 aromatic heterocycles. The molecule has 0 atom stereocenters. The molecule has 0 saturated carbocycles. The number of benzene rings is 2. The molecule has 3 aromatic rings. The normalized spacial score (nSPS) is 15.2. The fourth-order valence-electron chi connectivity index (χ4n) is 3.14. The topological polar surface area (TPSA) is 74.8 Å². The van der Waals surface area contributed by atoms with Crippen molar-refractivity contribution in [3.05, 3.63) is 65.5 Å². The van der Waals surface area contributed by atoms with Crippen molar-refractivity contribution >= 4 is 17.8 Å². The third-order valence-corrected chi connectivity index (χ3v) is 4.78. The van der Waals surface area contributed by atoms with Gasteiger partial charge in [0.2, 0.25) is 5.89 Å². The summed E-state index contributed by atoms with van der Waals surface area (Å²) in [5.74, 6) is -4.00. The first-order valence-corrected chi connectivity index (χ1v) is 9.49. The number of rotatable bonds is 6. The zero-order valence-electron chi connectivity index (χ0n) is 16.8. The number of hydrogen-bond acceptors (Lipinski definition) is 6. The van der Waals surface area contributed by atoms with Gasteiger partial charge in [-0.15, -0.1) is 10.2 Å². The van der Waals surface area contributed by atoms with E-state index in [-0.39, 0.29) is 11.5 Å². The lowest BCUT2D eigenvalue weighted by Crippen LogP contribution is -2.56. The Bertz CT molecular complexity index is 1140. The van der Waals surface area contributed by atoms with Crippen molar-refractivity contribution in [2.75, 3.05) is 25.0 Å². The van der Waals surface area contributed by atoms with Crippen LogP contribution in [-0.4, -0.2) is 53.4 Å². The highest BCUT2D eigenvalue weighted by atomic mass is 19.3. The maximum absolute atomic E-state index is 13.2. The quantitative estimate of drug-likeness (QED) is 0.321. The minimum absolute atomic E-state index is 0.0377. The number of aromatic nitrogens is 2. The third-order valence-electron chi connectivity index (χ3n) is 4.78. The Morgan fingerprint density at radius 1 is 1.16 bits per heavy atom. The van der Waals surface area contributed by atoms with Gasteiger partial charge in [0.15, 0.2) is 0 Å². The number of amides is 1. The Hall–Kier alpha value is -3.76. The zero-order chi connectivity index (χ0) is 22.9. The lowest BCUT2D eigenvalue weighted by atomic mass is 10.1. The Labute approximate surface area is 180 Å². The van der Waals surface area contributed by atoms with Crippen molar-refractivity contribution in [3.8, 4) is 11.5 Å². The van der Waals surface area contributed by atoms with E-state index in [1.165, 1.54) is 18.2 Å². The van der Waals surface area contributed by atoms with Crippen LogP contribution < -0.4 is 4.90 Å². The van der Waals surface area contributed by atoms with Gasteiger partial charge in [-0.05, 0) is 29.8 Å². The monoisotopic (exact) mass is 447 g/mol. The first-order chi connectivity index (χ1) is 15.2. The number of hydrogen-bond donors (Lipinski definition) is 0. The van der Waals surface area contributed by atoms with Crippen LogP contribution in [-0.2, 0) is 0 Å². The predicted molar refractivity (Wildman–Crippen MR) is 108 cm³/mol. The molecule has 32 heavy (non-hydrogen) atoms. The largest absolute Gasteiger partial charge is 0.415 e. The van der Waals surface area contributed by atoms with Gasteiger partial charge in [-0.3, -0.25) is 4.79 Å². The highest BCUT2D eigenvalue weighted by Gasteiger charge is 2.44. The van der Waals surface area contributed by atoms with Crippen molar-refractivity contribution in [1.82, 2.24) is 15.2 Å². The summed E-state index contributed by atoms with van der Waals surface area (Å²) in [5, 5.41) is 12.1. The minimum atomic E-state index is -2.85. The SMILES string of the molecule is CN(/N=C/c1ccc(-c2nnc(C(F)F)o2)cc1)C(=O)c1ccccc1N1CC(F)(F)C1. The molecule has 4 rings (SSSR count). The summed E-state index contributed by atoms with van der Waals surface area (Å²) in [6.07, 6.45) is -1.42. The fourth-order valence-corrected chi connectivity index (χ4v) is 3.14. The molecular formula is C21H17F4N5O2. The van der Waals surface area contributed by atoms with E-state index in [2.05, 4.69) is 15.3 Å². The molecule has 0 bridgehead atoms. The van der Waals surface area contributed by atoms with Crippen LogP contribution in [0.5, 0.6) is 0 Å². The van der Waals surface area contributed by atoms with Gasteiger partial charge in [-0.2, -0.15) is 13.9 Å². The molecule has 0 spiro atoms. The maximum Gasteiger partial charge on any atom is 0.314 e. The van der Waals surface area contributed by atoms with Gasteiger partial charge in [0, 0.05) is 18.3 Å². The number of alkyl halides is 4. The lowest BCUT2D eigenvalue weighted by Gasteiger charge is -2.41. The molecule has 1 amide bonds. The standard InChI is InChI=1S/C21H17F4N5O2/c1-29(20(31)15-4-2-3-5-16(15)30-11-21(24,25)12-30)26-10-13-6-8-14(9-7-13)18-27-28-19(32-18)17(22)23/h2-10,17H,11-12H2,1H3/b26-10+. The predicted octanol–water partition coefficient (Wildman–Crippen LogP) is 4.24. The van der Waals surface area contributed by atoms with Crippen molar-refractivity contribution in [1.29, 1.82) is 0 Å². The molecule has 2 heterocycles. The average Bonchev–Trinajstić information content (AvgIpc) is 3.26. The number of para-hydroxylation sites is 1. The van der Waals surface area contributed by atoms with Crippen LogP contribution in [0.4, 0.5) is 23.2 Å². The molecule has 7 nitrogen and oxygen atoms in total. The fraction of sp³-hybridized carbons (Fsp3) is 0.238. The molecule has 166 valence electrons. The van der Waals surface area contributed by atoms with Crippen LogP contribution in [0.2, 0.25) is 0 Å². The molecule has 1 aliphatic heterocycles. The Morgan fingerprint density at radius 3 is 2.47 bits per heavy atom. The van der Waals surface area contributed by atoms with E-state index in [1.807, 2.05) is 0 Å². The van der Waals surface area contributed by atoms with Crippen LogP contribution in [0, 0.1) is 0 Å². The van der Waals surface area contributed by atoms with Gasteiger partial charge in [-0.25, -0.2) is 13.8 Å². The van der Waals surface area contributed by atoms with E-state index in [1.54, 1.807) is 48.5 Å². The van der Waals surface area contributed by atoms with E-state index in [0.717, 1.165) is 5.01 Å². The summed E-state index contributed by atoms with van der Waals surface area (Å²) < 4.78 is 56.5. The first kappa shape index (κ1) is 21.5. The minimum Gasteiger partial charge on any atom is -0.415 e. The van der Waals surface area contributed by atoms with Crippen LogP contribution in [0.15, 0.2) is 58.0 Å². The second-order valence-electron chi connectivity index (χ2n) is 7.17. The summed E-state index contributed by atoms with van der Waals surface area (Å²) >= 11 is 0. The van der Waals surface area contributed by atoms with Crippen molar-refractivity contribution < 1.29 is 26.8 Å². The number of carbonyl (C=O) groups is 1. The molecule has 1 fully saturated rings. The summed E-state index contributed by atoms with van der Waals surface area (Å²) in [4.78, 5) is 14.2. The number of anilines is 1. The smallest absolute Gasteiger partial charge is 0.314 e. The third kappa shape index (κ3) is 4.46. The van der Waals surface area contributed by atoms with E-state index in [0.29, 0.717) is 16.8 Å². The van der Waals surface area contributed by atoms with Crippen LogP contribution in [0.25, 0.3) is 11.5 Å². The molecule has 11 heteroatoms. The van der Waals surface area contributed by atoms with Gasteiger partial charge in [0.25, 0.3) is 17.7 Å². The van der Waals surface area contributed by atoms with Crippen LogP contribution in [0.1, 0.15) is 28.2 Å². The van der Waals surface area contributed by atoms with Gasteiger partial charge < -0.3 is 9.32 Å². The van der Waals surface area contributed by atoms with Gasteiger partial charge in [0.05, 0.1) is 24.9 Å². The van der Waals surface area contributed by atoms with E-state index in [9.17, 15) is 22.4 Å². The lowest BCUT2D eigenvalue weighted by molar-refractivity contribution is -0.0263. The molecule has 0 unspecified atom stereocenters. The summed E-state index contributed by atoms with van der Waals surface area (Å²) in [6, 6.07) is 13.0. The Morgan fingerprint density at radius 2 is 1.84 bits per heavy atom. The number of halogens is 4. The molecular weight excluding hydrogens is 430 g/mol. The molecule has 1 saturated heterocycles. The highest BCUT2D eigenvalue weighted by molar-refractivity contribution is 6.00. The summed E-state index contributed by atoms with van der Waals surface area (Å²) in [5.41, 5.74) is 1.77. The summed E-state index contributed by atoms with van der Waals surface area (Å²) in [6.45, 7) is -0.870. The second-order valence-corrected chi connectivity index (χ2v) is 7.17. The average molecular weight is 447 g/mol. The highest BCUT2D eigenvalue weighted by Crippen LogP contribution is 2.34. The molecule has 1 aliphatic rings. The molecule has 0 aliphatic carbocycles. The zero-order valence-corrected chi connectivity index (χ0v) is 16.8. The second kappa shape index (κ2) is 8.40. The van der Waals surface area contributed by atoms with Crippen molar-refractivity contribution in [2.24, 2.45) is 5.10 Å². The van der Waals surface area contributed by atoms with E-state index in [4.69, 9.17) is 4.42 Å². The molecule has 2 aromatic carbocycles. The maximum atomic E-state index is 13.2. The van der Waals surface area contributed by atoms with E-state index >= 15 is 0 Å². The van der Waals surface area contributed by atoms with Crippen molar-refractivity contribution in [3.63, 3.8) is 0 Å². The Kier molecular flexibility index (Phi) is 5.64. The van der Waals surface area contributed by atoms with Crippen LogP contribution >= 0.6 is 0 Å². The Balaban J connectivity index is 1.44. The number of nitrogens with zero attached hydrogens (tertiary/aromatic N) is 5. The first-order valence-electron chi connectivity index (χ1n) is 9.49. The van der Waals surface area contributed by atoms with Crippen LogP contribution in [0.3, 0.4) is 0 Å². The molecule has 0 radical (unpaired) electrons. The van der Waals surface area contributed by atoms with Gasteiger partial charge >= 0.3 is 6.43 Å². The van der Waals surface area contributed by atoms with Gasteiger partial charge in [0.1, 0.15) is 0 Å². The molecule has 0 N–H and O–H groups in total. The summed E-state index contributed by atoms with van der Waals surface area (Å²) in [7, 11) is 1.46. The number of hydrazone groups is 1. The van der Waals surface area contributed by atoms with E-state index < -0.39 is 37.2 Å². The number of carbonyl (C=O) groups excluding carboxylic acids is 1.